The second-order valence-corrected chi connectivity index (χ2v) is 7.78. The Morgan fingerprint density at radius 3 is 1.80 bits per heavy atom. The summed E-state index contributed by atoms with van der Waals surface area (Å²) in [5.74, 6) is -4.97. The smallest absolute Gasteiger partial charge is 0.326 e. The summed E-state index contributed by atoms with van der Waals surface area (Å²) in [5.41, 5.74) is 10.8. The Balaban J connectivity index is 5.17. The van der Waals surface area contributed by atoms with Crippen molar-refractivity contribution >= 4 is 29.6 Å². The number of rotatable bonds is 13. The van der Waals surface area contributed by atoms with Crippen LogP contribution in [-0.4, -0.2) is 70.6 Å². The number of carboxylic acid groups (broad SMARTS) is 1. The Kier molecular flexibility index (Phi) is 11.6. The first-order valence-corrected chi connectivity index (χ1v) is 9.58. The molecule has 0 saturated carbocycles. The molecule has 30 heavy (non-hydrogen) atoms. The van der Waals surface area contributed by atoms with Gasteiger partial charge in [-0.25, -0.2) is 4.79 Å². The molecule has 0 aromatic rings. The molecule has 9 N–H and O–H groups in total. The van der Waals surface area contributed by atoms with Gasteiger partial charge >= 0.3 is 5.97 Å². The van der Waals surface area contributed by atoms with Gasteiger partial charge in [-0.3, -0.25) is 19.2 Å². The van der Waals surface area contributed by atoms with Gasteiger partial charge in [0.1, 0.15) is 18.1 Å². The molecule has 4 amide bonds. The van der Waals surface area contributed by atoms with Crippen LogP contribution in [0.5, 0.6) is 0 Å². The Hall–Kier alpha value is -2.73. The minimum absolute atomic E-state index is 0.169. The molecule has 0 spiro atoms. The molecular weight excluding hydrogens is 398 g/mol. The Morgan fingerprint density at radius 1 is 0.867 bits per heavy atom. The van der Waals surface area contributed by atoms with E-state index in [1.165, 1.54) is 0 Å². The summed E-state index contributed by atoms with van der Waals surface area (Å²) in [6.45, 7) is 6.28. The largest absolute Gasteiger partial charge is 0.480 e. The lowest BCUT2D eigenvalue weighted by Crippen LogP contribution is -2.59. The van der Waals surface area contributed by atoms with Crippen molar-refractivity contribution in [3.05, 3.63) is 0 Å². The second-order valence-electron chi connectivity index (χ2n) is 7.78. The molecule has 172 valence electrons. The molecule has 12 nitrogen and oxygen atoms in total. The molecule has 4 atom stereocenters. The average molecular weight is 431 g/mol. The molecule has 0 radical (unpaired) electrons. The van der Waals surface area contributed by atoms with E-state index in [1.54, 1.807) is 13.8 Å². The first-order valence-electron chi connectivity index (χ1n) is 9.58. The fraction of sp³-hybridized carbons (Fsp3) is 0.722. The predicted molar refractivity (Wildman–Crippen MR) is 107 cm³/mol. The molecule has 0 aliphatic heterocycles. The summed E-state index contributed by atoms with van der Waals surface area (Å²) >= 11 is 0. The van der Waals surface area contributed by atoms with Gasteiger partial charge < -0.3 is 37.6 Å². The molecule has 0 heterocycles. The van der Waals surface area contributed by atoms with Crippen molar-refractivity contribution in [2.24, 2.45) is 23.3 Å². The number of nitrogens with two attached hydrogens (primary N) is 2. The van der Waals surface area contributed by atoms with E-state index < -0.39 is 66.8 Å². The van der Waals surface area contributed by atoms with Crippen LogP contribution in [0.15, 0.2) is 0 Å². The van der Waals surface area contributed by atoms with Crippen LogP contribution in [0.1, 0.15) is 40.5 Å². The lowest BCUT2D eigenvalue weighted by atomic mass is 10.00. The van der Waals surface area contributed by atoms with E-state index in [2.05, 4.69) is 10.6 Å². The number of hydrogen-bond donors (Lipinski definition) is 7. The maximum atomic E-state index is 12.6. The van der Waals surface area contributed by atoms with Crippen molar-refractivity contribution in [2.45, 2.75) is 64.7 Å². The average Bonchev–Trinajstić information content (AvgIpc) is 2.61. The van der Waals surface area contributed by atoms with E-state index in [0.29, 0.717) is 6.42 Å². The van der Waals surface area contributed by atoms with Crippen molar-refractivity contribution in [1.29, 1.82) is 0 Å². The third-order valence-electron chi connectivity index (χ3n) is 4.14. The Bertz CT molecular complexity index is 638. The molecule has 0 bridgehead atoms. The highest BCUT2D eigenvalue weighted by Gasteiger charge is 2.31. The monoisotopic (exact) mass is 431 g/mol. The van der Waals surface area contributed by atoms with Crippen LogP contribution >= 0.6 is 0 Å². The van der Waals surface area contributed by atoms with Gasteiger partial charge in [-0.15, -0.1) is 0 Å². The topological polar surface area (TPSA) is 214 Å². The van der Waals surface area contributed by atoms with Crippen molar-refractivity contribution in [2.75, 3.05) is 6.61 Å². The summed E-state index contributed by atoms with van der Waals surface area (Å²) in [7, 11) is 0. The molecule has 0 rings (SSSR count). The molecule has 4 unspecified atom stereocenters. The summed E-state index contributed by atoms with van der Waals surface area (Å²) in [4.78, 5) is 59.2. The highest BCUT2D eigenvalue weighted by molar-refractivity contribution is 5.95. The van der Waals surface area contributed by atoms with Crippen LogP contribution in [-0.2, 0) is 24.0 Å². The number of aliphatic hydroxyl groups is 1. The number of aliphatic hydroxyl groups excluding tert-OH is 1. The molecule has 0 aromatic heterocycles. The zero-order valence-corrected chi connectivity index (χ0v) is 17.7. The lowest BCUT2D eigenvalue weighted by molar-refractivity contribution is -0.144. The first-order chi connectivity index (χ1) is 13.8. The summed E-state index contributed by atoms with van der Waals surface area (Å²) in [6, 6.07) is -4.98. The van der Waals surface area contributed by atoms with Crippen LogP contribution in [0.3, 0.4) is 0 Å². The van der Waals surface area contributed by atoms with Crippen LogP contribution in [0.4, 0.5) is 0 Å². The number of carbonyl (C=O) groups is 5. The van der Waals surface area contributed by atoms with Crippen LogP contribution in [0, 0.1) is 11.8 Å². The SMILES string of the molecule is CC(C)CC(N)C(=O)NC(C(=O)NC(CO)C(=O)NC(CC(N)=O)C(=O)O)C(C)C. The number of primary amides is 1. The Morgan fingerprint density at radius 2 is 1.40 bits per heavy atom. The van der Waals surface area contributed by atoms with Crippen LogP contribution in [0.25, 0.3) is 0 Å². The zero-order valence-electron chi connectivity index (χ0n) is 17.7. The van der Waals surface area contributed by atoms with Crippen LogP contribution < -0.4 is 27.4 Å². The van der Waals surface area contributed by atoms with Gasteiger partial charge in [-0.05, 0) is 18.3 Å². The molecule has 12 heteroatoms. The normalized spacial score (nSPS) is 15.1. The van der Waals surface area contributed by atoms with Crippen molar-refractivity contribution in [3.63, 3.8) is 0 Å². The number of hydrogen-bond acceptors (Lipinski definition) is 7. The standard InChI is InChI=1S/C18H33N5O7/c1-8(2)5-10(19)15(26)23-14(9(3)4)17(28)22-12(7-24)16(27)21-11(18(29)30)6-13(20)25/h8-12,14,24H,5-7,19H2,1-4H3,(H2,20,25)(H,21,27)(H,22,28)(H,23,26)(H,29,30). The highest BCUT2D eigenvalue weighted by atomic mass is 16.4. The van der Waals surface area contributed by atoms with Gasteiger partial charge in [0.25, 0.3) is 0 Å². The highest BCUT2D eigenvalue weighted by Crippen LogP contribution is 2.07. The molecular formula is C18H33N5O7. The fourth-order valence-corrected chi connectivity index (χ4v) is 2.54. The van der Waals surface area contributed by atoms with Crippen LogP contribution in [0.2, 0.25) is 0 Å². The number of carbonyl (C=O) groups excluding carboxylic acids is 4. The van der Waals surface area contributed by atoms with Crippen molar-refractivity contribution in [1.82, 2.24) is 16.0 Å². The first kappa shape index (κ1) is 27.3. The Labute approximate surface area is 175 Å². The molecule has 0 fully saturated rings. The molecule has 0 aromatic carbocycles. The minimum atomic E-state index is -1.62. The maximum Gasteiger partial charge on any atom is 0.326 e. The van der Waals surface area contributed by atoms with E-state index in [1.807, 2.05) is 19.2 Å². The van der Waals surface area contributed by atoms with Gasteiger partial charge in [-0.1, -0.05) is 27.7 Å². The number of nitrogens with one attached hydrogen (secondary N) is 3. The van der Waals surface area contributed by atoms with E-state index >= 15 is 0 Å². The van der Waals surface area contributed by atoms with E-state index in [4.69, 9.17) is 16.6 Å². The minimum Gasteiger partial charge on any atom is -0.480 e. The third kappa shape index (κ3) is 9.65. The summed E-state index contributed by atoms with van der Waals surface area (Å²) in [5, 5.41) is 25.3. The molecule has 0 aliphatic rings. The van der Waals surface area contributed by atoms with Gasteiger partial charge in [0.15, 0.2) is 0 Å². The quantitative estimate of drug-likeness (QED) is 0.164. The third-order valence-corrected chi connectivity index (χ3v) is 4.14. The molecule has 0 aliphatic carbocycles. The fourth-order valence-electron chi connectivity index (χ4n) is 2.54. The van der Waals surface area contributed by atoms with Crippen molar-refractivity contribution in [3.8, 4) is 0 Å². The molecule has 0 saturated heterocycles. The lowest BCUT2D eigenvalue weighted by Gasteiger charge is -2.26. The van der Waals surface area contributed by atoms with Gasteiger partial charge in [0, 0.05) is 0 Å². The summed E-state index contributed by atoms with van der Waals surface area (Å²) < 4.78 is 0. The van der Waals surface area contributed by atoms with E-state index in [-0.39, 0.29) is 11.8 Å². The van der Waals surface area contributed by atoms with E-state index in [9.17, 15) is 29.1 Å². The van der Waals surface area contributed by atoms with Gasteiger partial charge in [-0.2, -0.15) is 0 Å². The van der Waals surface area contributed by atoms with Gasteiger partial charge in [0.05, 0.1) is 19.1 Å². The predicted octanol–water partition coefficient (Wildman–Crippen LogP) is -2.58. The number of aliphatic carboxylic acids is 1. The van der Waals surface area contributed by atoms with Gasteiger partial charge in [0.2, 0.25) is 23.6 Å². The number of amides is 4. The maximum absolute atomic E-state index is 12.6. The zero-order chi connectivity index (χ0) is 23.6. The summed E-state index contributed by atoms with van der Waals surface area (Å²) in [6.07, 6.45) is -0.248. The van der Waals surface area contributed by atoms with Crippen molar-refractivity contribution < 1.29 is 34.2 Å². The van der Waals surface area contributed by atoms with E-state index in [0.717, 1.165) is 0 Å². The second kappa shape index (κ2) is 12.8. The number of carboxylic acids is 1.